The fourth-order valence-electron chi connectivity index (χ4n) is 9.96. The van der Waals surface area contributed by atoms with Crippen LogP contribution in [0.4, 0.5) is 0 Å². The number of carbonyl (C=O) groups excluding carboxylic acids is 8. The third kappa shape index (κ3) is 8.91. The summed E-state index contributed by atoms with van der Waals surface area (Å²) in [5.74, 6) is -5.87. The molecule has 378 valence electrons. The number of fused-ring (bicyclic) bond motifs is 8. The first-order chi connectivity index (χ1) is 35.6. The Hall–Kier alpha value is -8.06. The van der Waals surface area contributed by atoms with Gasteiger partial charge in [-0.05, 0) is 104 Å². The van der Waals surface area contributed by atoms with E-state index in [-0.39, 0.29) is 61.4 Å². The van der Waals surface area contributed by atoms with Crippen molar-refractivity contribution in [2.75, 3.05) is 7.11 Å². The molecule has 4 aromatic rings. The van der Waals surface area contributed by atoms with Crippen molar-refractivity contribution >= 4 is 87.4 Å². The maximum Gasteiger partial charge on any atom is 0.238 e. The molecule has 0 bridgehead atoms. The lowest BCUT2D eigenvalue weighted by atomic mass is 9.77. The van der Waals surface area contributed by atoms with E-state index in [0.29, 0.717) is 29.0 Å². The molecule has 12 nitrogen and oxygen atoms in total. The zero-order valence-electron chi connectivity index (χ0n) is 41.9. The third-order valence-corrected chi connectivity index (χ3v) is 14.5. The van der Waals surface area contributed by atoms with Crippen molar-refractivity contribution in [2.45, 2.75) is 78.4 Å². The number of hydrogen-bond donors (Lipinski definition) is 1. The molecule has 0 spiro atoms. The molecule has 75 heavy (non-hydrogen) atoms. The number of carbonyl (C=O) groups is 8. The van der Waals surface area contributed by atoms with Crippen molar-refractivity contribution in [3.63, 3.8) is 0 Å². The molecule has 0 saturated carbocycles. The molecule has 2 atom stereocenters. The minimum Gasteiger partial charge on any atom is -0.506 e. The highest BCUT2D eigenvalue weighted by Crippen LogP contribution is 2.46. The summed E-state index contributed by atoms with van der Waals surface area (Å²) in [7, 11) is 1.24. The van der Waals surface area contributed by atoms with Crippen LogP contribution in [0.3, 0.4) is 0 Å². The predicted octanol–water partition coefficient (Wildman–Crippen LogP) is 12.7. The smallest absolute Gasteiger partial charge is 0.238 e. The van der Waals surface area contributed by atoms with E-state index in [2.05, 4.69) is 12.2 Å². The van der Waals surface area contributed by atoms with E-state index in [1.807, 2.05) is 53.7 Å². The lowest BCUT2D eigenvalue weighted by Crippen LogP contribution is -2.34. The van der Waals surface area contributed by atoms with Crippen molar-refractivity contribution in [2.24, 2.45) is 0 Å². The van der Waals surface area contributed by atoms with Crippen LogP contribution in [0, 0.1) is 0 Å². The minimum atomic E-state index is -1.11. The molecule has 4 aromatic carbocycles. The number of rotatable bonds is 9. The fraction of sp³-hybridized carbons (Fsp3) is 0.213. The largest absolute Gasteiger partial charge is 0.506 e. The standard InChI is InChI=1S/C31H25ClO6.C30H23ClO6/c1-16(2)8-7-14-31(3)15-13-19-21(38-31)12-11-20-22(19)29(36)30(37-4)24(27(20)34)23-25(32)28(35)18-10-6-5-9-17(18)26(23)33;1-15(2)7-6-13-30(3)14-12-18-20(37-30)11-10-19-21(18)28(35)29(36)23(26(19)33)22-24(31)27(34)17-9-5-4-8-16(17)25(22)32/h5-6,8-13,15H,7,14H2,1-4H3;4-5,7-12,14,33H,6,13H2,1-3H3/t31-;30-/m11/s1. The molecule has 0 fully saturated rings. The first kappa shape index (κ1) is 51.8. The van der Waals surface area contributed by atoms with E-state index >= 15 is 0 Å². The molecule has 2 aliphatic heterocycles. The number of ether oxygens (including phenoxy) is 3. The van der Waals surface area contributed by atoms with Crippen molar-refractivity contribution in [3.8, 4) is 11.5 Å². The van der Waals surface area contributed by atoms with Gasteiger partial charge >= 0.3 is 0 Å². The molecule has 0 unspecified atom stereocenters. The Morgan fingerprint density at radius 3 is 1.35 bits per heavy atom. The van der Waals surface area contributed by atoms with Crippen LogP contribution in [0.1, 0.15) is 156 Å². The van der Waals surface area contributed by atoms with E-state index in [1.54, 1.807) is 48.6 Å². The number of hydrogen-bond acceptors (Lipinski definition) is 12. The number of halogens is 2. The summed E-state index contributed by atoms with van der Waals surface area (Å²) in [6.07, 6.45) is 14.6. The quantitative estimate of drug-likeness (QED) is 0.124. The number of aliphatic hydroxyl groups is 1. The third-order valence-electron chi connectivity index (χ3n) is 13.8. The highest BCUT2D eigenvalue weighted by atomic mass is 35.5. The van der Waals surface area contributed by atoms with Gasteiger partial charge < -0.3 is 19.3 Å². The SMILES string of the molecule is CC(C)=CCC[C@]1(C)C=Cc2c(ccc3c2C(=O)C(=O)C(C2=C(Cl)C(=O)c4ccccc4C2=O)=C3O)O1.COC1=C(C2=C(Cl)C(=O)c3ccccc3C2=O)C(=O)c2ccc3c(c2C1=O)C=C[C@@](C)(CCC=C(C)C)O3. The van der Waals surface area contributed by atoms with E-state index in [4.69, 9.17) is 37.4 Å². The highest BCUT2D eigenvalue weighted by molar-refractivity contribution is 6.58. The van der Waals surface area contributed by atoms with Crippen LogP contribution in [-0.4, -0.2) is 69.7 Å². The molecule has 2 heterocycles. The van der Waals surface area contributed by atoms with Crippen LogP contribution in [0.25, 0.3) is 17.9 Å². The number of methoxy groups -OCH3 is 1. The normalized spacial score (nSPS) is 20.3. The average Bonchev–Trinajstić information content (AvgIpc) is 3.38. The van der Waals surface area contributed by atoms with Gasteiger partial charge in [-0.2, -0.15) is 0 Å². The van der Waals surface area contributed by atoms with Crippen LogP contribution >= 0.6 is 23.2 Å². The topological polar surface area (TPSA) is 184 Å². The number of allylic oxidation sites excluding steroid dienone is 11. The molecule has 0 radical (unpaired) electrons. The van der Waals surface area contributed by atoms with Gasteiger partial charge in [0.2, 0.25) is 28.9 Å². The summed E-state index contributed by atoms with van der Waals surface area (Å²) in [6, 6.07) is 18.5. The summed E-state index contributed by atoms with van der Waals surface area (Å²) in [4.78, 5) is 107. The van der Waals surface area contributed by atoms with Crippen LogP contribution in [0.5, 0.6) is 11.5 Å². The second-order valence-electron chi connectivity index (χ2n) is 19.7. The second-order valence-corrected chi connectivity index (χ2v) is 20.4. The van der Waals surface area contributed by atoms with Crippen LogP contribution in [-0.2, 0) is 9.53 Å². The molecule has 0 aromatic heterocycles. The maximum absolute atomic E-state index is 13.8. The molecule has 10 rings (SSSR count). The van der Waals surface area contributed by atoms with Gasteiger partial charge in [-0.25, -0.2) is 0 Å². The van der Waals surface area contributed by atoms with Crippen molar-refractivity contribution < 1.29 is 57.7 Å². The number of aliphatic hydroxyl groups excluding tert-OH is 1. The summed E-state index contributed by atoms with van der Waals surface area (Å²) < 4.78 is 17.9. The van der Waals surface area contributed by atoms with Gasteiger partial charge in [-0.1, -0.05) is 107 Å². The molecule has 6 aliphatic rings. The van der Waals surface area contributed by atoms with E-state index in [0.717, 1.165) is 19.3 Å². The fourth-order valence-corrected chi connectivity index (χ4v) is 10.5. The second kappa shape index (κ2) is 19.7. The lowest BCUT2D eigenvalue weighted by molar-refractivity contribution is -0.111. The van der Waals surface area contributed by atoms with E-state index in [9.17, 15) is 43.5 Å². The summed E-state index contributed by atoms with van der Waals surface area (Å²) in [6.45, 7) is 12.0. The summed E-state index contributed by atoms with van der Waals surface area (Å²) in [5, 5.41) is 10.3. The lowest BCUT2D eigenvalue weighted by Gasteiger charge is -2.33. The Morgan fingerprint density at radius 1 is 0.507 bits per heavy atom. The van der Waals surface area contributed by atoms with Crippen molar-refractivity contribution in [1.82, 2.24) is 0 Å². The number of Topliss-reactive ketones (excluding diaryl/α,β-unsaturated/α-hetero) is 8. The van der Waals surface area contributed by atoms with Crippen LogP contribution in [0.15, 0.2) is 146 Å². The van der Waals surface area contributed by atoms with Gasteiger partial charge in [0.25, 0.3) is 0 Å². The highest BCUT2D eigenvalue weighted by Gasteiger charge is 2.46. The van der Waals surface area contributed by atoms with Crippen LogP contribution < -0.4 is 9.47 Å². The van der Waals surface area contributed by atoms with Gasteiger partial charge in [0.15, 0.2) is 23.1 Å². The van der Waals surface area contributed by atoms with E-state index < -0.39 is 84.4 Å². The molecule has 0 saturated heterocycles. The molecular formula is C61H48Cl2O12. The van der Waals surface area contributed by atoms with E-state index in [1.165, 1.54) is 54.7 Å². The van der Waals surface area contributed by atoms with Crippen molar-refractivity contribution in [3.05, 3.63) is 202 Å². The Kier molecular flexibility index (Phi) is 13.6. The average molecular weight is 1040 g/mol. The molecular weight excluding hydrogens is 996 g/mol. The van der Waals surface area contributed by atoms with Crippen LogP contribution in [0.2, 0.25) is 0 Å². The molecule has 0 amide bonds. The minimum absolute atomic E-state index is 0.0157. The molecule has 1 N–H and O–H groups in total. The Labute approximate surface area is 442 Å². The zero-order chi connectivity index (χ0) is 54.0. The summed E-state index contributed by atoms with van der Waals surface area (Å²) >= 11 is 12.6. The first-order valence-corrected chi connectivity index (χ1v) is 24.8. The number of ketones is 8. The predicted molar refractivity (Wildman–Crippen MR) is 284 cm³/mol. The van der Waals surface area contributed by atoms with Gasteiger partial charge in [0, 0.05) is 55.6 Å². The van der Waals surface area contributed by atoms with Gasteiger partial charge in [-0.15, -0.1) is 0 Å². The van der Waals surface area contributed by atoms with Gasteiger partial charge in [0.05, 0.1) is 29.4 Å². The molecule has 4 aliphatic carbocycles. The van der Waals surface area contributed by atoms with Gasteiger partial charge in [0.1, 0.15) is 38.5 Å². The Morgan fingerprint density at radius 2 is 0.907 bits per heavy atom. The summed E-state index contributed by atoms with van der Waals surface area (Å²) in [5.41, 5.74) is 1.06. The zero-order valence-corrected chi connectivity index (χ0v) is 43.4. The van der Waals surface area contributed by atoms with Crippen molar-refractivity contribution in [1.29, 1.82) is 0 Å². The van der Waals surface area contributed by atoms with Gasteiger partial charge in [-0.3, -0.25) is 38.4 Å². The first-order valence-electron chi connectivity index (χ1n) is 24.1. The Bertz CT molecular complexity index is 3620. The molecule has 14 heteroatoms. The monoisotopic (exact) mass is 1040 g/mol. The number of benzene rings is 4. The Balaban J connectivity index is 0.000000184. The maximum atomic E-state index is 13.8.